The quantitative estimate of drug-likeness (QED) is 0.0147. The molecule has 0 aromatic carbocycles. The SMILES string of the molecule is CC/C=C\C/C=C\C/C=C\C/C=C\CCCCCCCCCCCCCOCC(COP(=O)(O)OC1C(O)C(O)C(O)C(O)C1O)OC(=O)CCCCCCCCC/C=C\C/C=C\C/C=C\CC. The first-order valence-corrected chi connectivity index (χ1v) is 27.9. The minimum Gasteiger partial charge on any atom is -0.457 e. The summed E-state index contributed by atoms with van der Waals surface area (Å²) in [5.74, 6) is -0.491. The molecule has 1 rings (SSSR count). The van der Waals surface area contributed by atoms with Gasteiger partial charge in [0.05, 0.1) is 13.2 Å². The van der Waals surface area contributed by atoms with Crippen molar-refractivity contribution >= 4 is 13.8 Å². The van der Waals surface area contributed by atoms with Crippen molar-refractivity contribution in [2.24, 2.45) is 0 Å². The molecule has 0 aromatic heterocycles. The number of esters is 1. The molecule has 0 saturated heterocycles. The molecule has 0 heterocycles. The Kier molecular flexibility index (Phi) is 41.5. The lowest BCUT2D eigenvalue weighted by Crippen LogP contribution is -2.64. The lowest BCUT2D eigenvalue weighted by atomic mass is 9.85. The summed E-state index contributed by atoms with van der Waals surface area (Å²) in [7, 11) is -5.03. The van der Waals surface area contributed by atoms with E-state index in [4.69, 9.17) is 18.5 Å². The number of phosphoric acid groups is 1. The number of unbranched alkanes of at least 4 members (excludes halogenated alkanes) is 18. The Labute approximate surface area is 412 Å². The Balaban J connectivity index is 2.32. The zero-order valence-corrected chi connectivity index (χ0v) is 43.0. The van der Waals surface area contributed by atoms with Gasteiger partial charge >= 0.3 is 13.8 Å². The van der Waals surface area contributed by atoms with Gasteiger partial charge in [-0.3, -0.25) is 13.8 Å². The van der Waals surface area contributed by atoms with Crippen LogP contribution in [0.4, 0.5) is 0 Å². The van der Waals surface area contributed by atoms with Gasteiger partial charge in [-0.25, -0.2) is 4.57 Å². The molecular formula is C55H95O12P. The normalized spacial score (nSPS) is 21.8. The molecule has 12 nitrogen and oxygen atoms in total. The smallest absolute Gasteiger partial charge is 0.457 e. The summed E-state index contributed by atoms with van der Waals surface area (Å²) in [6.07, 6.45) is 47.9. The van der Waals surface area contributed by atoms with Crippen molar-refractivity contribution in [3.8, 4) is 0 Å². The number of phosphoric ester groups is 1. The lowest BCUT2D eigenvalue weighted by Gasteiger charge is -2.41. The predicted octanol–water partition coefficient (Wildman–Crippen LogP) is 12.1. The van der Waals surface area contributed by atoms with E-state index in [1.165, 1.54) is 51.4 Å². The van der Waals surface area contributed by atoms with Gasteiger partial charge in [0, 0.05) is 13.0 Å². The second-order valence-corrected chi connectivity index (χ2v) is 19.4. The molecule has 68 heavy (non-hydrogen) atoms. The number of carbonyl (C=O) groups excluding carboxylic acids is 1. The first-order chi connectivity index (χ1) is 33.0. The highest BCUT2D eigenvalue weighted by Crippen LogP contribution is 2.47. The van der Waals surface area contributed by atoms with E-state index in [9.17, 15) is 39.8 Å². The van der Waals surface area contributed by atoms with Crippen molar-refractivity contribution in [1.29, 1.82) is 0 Å². The number of ether oxygens (including phenoxy) is 2. The Morgan fingerprint density at radius 3 is 1.25 bits per heavy atom. The maximum absolute atomic E-state index is 12.9. The van der Waals surface area contributed by atoms with E-state index in [2.05, 4.69) is 98.9 Å². The van der Waals surface area contributed by atoms with Gasteiger partial charge in [0.1, 0.15) is 42.7 Å². The van der Waals surface area contributed by atoms with E-state index in [1.807, 2.05) is 0 Å². The molecule has 0 aromatic rings. The summed E-state index contributed by atoms with van der Waals surface area (Å²) in [6.45, 7) is 4.02. The minimum atomic E-state index is -5.03. The molecule has 1 fully saturated rings. The molecule has 0 aliphatic heterocycles. The van der Waals surface area contributed by atoms with Crippen LogP contribution in [0.15, 0.2) is 85.1 Å². The van der Waals surface area contributed by atoms with Crippen LogP contribution in [0, 0.1) is 0 Å². The second kappa shape index (κ2) is 44.5. The maximum Gasteiger partial charge on any atom is 0.472 e. The Morgan fingerprint density at radius 2 is 0.824 bits per heavy atom. The van der Waals surface area contributed by atoms with Crippen molar-refractivity contribution in [2.45, 2.75) is 236 Å². The van der Waals surface area contributed by atoms with Crippen LogP contribution in [0.3, 0.4) is 0 Å². The molecule has 1 aliphatic rings. The second-order valence-electron chi connectivity index (χ2n) is 18.0. The van der Waals surface area contributed by atoms with E-state index in [-0.39, 0.29) is 13.0 Å². The van der Waals surface area contributed by atoms with Crippen LogP contribution in [-0.4, -0.2) is 98.9 Å². The topological polar surface area (TPSA) is 192 Å². The number of aliphatic hydroxyl groups is 5. The van der Waals surface area contributed by atoms with Crippen LogP contribution in [0.2, 0.25) is 0 Å². The molecule has 0 bridgehead atoms. The van der Waals surface area contributed by atoms with Gasteiger partial charge < -0.3 is 39.9 Å². The van der Waals surface area contributed by atoms with Crippen molar-refractivity contribution in [2.75, 3.05) is 19.8 Å². The molecule has 6 atom stereocenters. The fourth-order valence-electron chi connectivity index (χ4n) is 7.66. The molecule has 0 radical (unpaired) electrons. The number of aliphatic hydroxyl groups excluding tert-OH is 5. The van der Waals surface area contributed by atoms with Crippen molar-refractivity contribution in [1.82, 2.24) is 0 Å². The Bertz CT molecular complexity index is 1440. The van der Waals surface area contributed by atoms with E-state index in [0.29, 0.717) is 13.0 Å². The summed E-state index contributed by atoms with van der Waals surface area (Å²) >= 11 is 0. The van der Waals surface area contributed by atoms with Crippen LogP contribution >= 0.6 is 7.82 Å². The average Bonchev–Trinajstić information content (AvgIpc) is 3.32. The lowest BCUT2D eigenvalue weighted by molar-refractivity contribution is -0.220. The highest BCUT2D eigenvalue weighted by molar-refractivity contribution is 7.47. The summed E-state index contributed by atoms with van der Waals surface area (Å²) in [6, 6.07) is 0. The van der Waals surface area contributed by atoms with E-state index < -0.39 is 63.1 Å². The van der Waals surface area contributed by atoms with Crippen LogP contribution < -0.4 is 0 Å². The van der Waals surface area contributed by atoms with E-state index >= 15 is 0 Å². The summed E-state index contributed by atoms with van der Waals surface area (Å²) in [5.41, 5.74) is 0. The molecule has 392 valence electrons. The number of rotatable bonds is 44. The third kappa shape index (κ3) is 35.6. The molecule has 1 aliphatic carbocycles. The highest BCUT2D eigenvalue weighted by atomic mass is 31.2. The van der Waals surface area contributed by atoms with Gasteiger partial charge in [0.2, 0.25) is 0 Å². The van der Waals surface area contributed by atoms with Gasteiger partial charge in [0.25, 0.3) is 0 Å². The molecular weight excluding hydrogens is 884 g/mol. The molecule has 0 spiro atoms. The van der Waals surface area contributed by atoms with E-state index in [0.717, 1.165) is 116 Å². The monoisotopic (exact) mass is 979 g/mol. The van der Waals surface area contributed by atoms with Gasteiger partial charge in [-0.15, -0.1) is 0 Å². The Morgan fingerprint density at radius 1 is 0.471 bits per heavy atom. The fraction of sp³-hybridized carbons (Fsp3) is 0.727. The zero-order chi connectivity index (χ0) is 49.8. The molecule has 6 N–H and O–H groups in total. The average molecular weight is 979 g/mol. The Hall–Kier alpha value is -2.48. The number of allylic oxidation sites excluding steroid dienone is 14. The first-order valence-electron chi connectivity index (χ1n) is 26.4. The summed E-state index contributed by atoms with van der Waals surface area (Å²) in [4.78, 5) is 23.3. The summed E-state index contributed by atoms with van der Waals surface area (Å²) in [5, 5.41) is 50.3. The number of hydrogen-bond donors (Lipinski definition) is 6. The van der Waals surface area contributed by atoms with Gasteiger partial charge in [-0.05, 0) is 83.5 Å². The van der Waals surface area contributed by atoms with Crippen LogP contribution in [-0.2, 0) is 27.9 Å². The molecule has 1 saturated carbocycles. The van der Waals surface area contributed by atoms with Crippen molar-refractivity contribution < 1.29 is 58.3 Å². The predicted molar refractivity (Wildman–Crippen MR) is 276 cm³/mol. The largest absolute Gasteiger partial charge is 0.472 e. The van der Waals surface area contributed by atoms with Crippen molar-refractivity contribution in [3.05, 3.63) is 85.1 Å². The molecule has 6 unspecified atom stereocenters. The number of hydrogen-bond acceptors (Lipinski definition) is 11. The molecule has 0 amide bonds. The minimum absolute atomic E-state index is 0.0873. The number of carbonyl (C=O) groups is 1. The van der Waals surface area contributed by atoms with Gasteiger partial charge in [-0.2, -0.15) is 0 Å². The van der Waals surface area contributed by atoms with Crippen molar-refractivity contribution in [3.63, 3.8) is 0 Å². The van der Waals surface area contributed by atoms with E-state index in [1.54, 1.807) is 0 Å². The van der Waals surface area contributed by atoms with Crippen LogP contribution in [0.5, 0.6) is 0 Å². The fourth-order valence-corrected chi connectivity index (χ4v) is 8.63. The van der Waals surface area contributed by atoms with Gasteiger partial charge in [-0.1, -0.05) is 189 Å². The standard InChI is InChI=1S/C55H95O12P/c1-3-5-7-9-11-13-15-17-19-21-22-23-24-25-26-27-29-31-33-35-37-39-41-43-45-64-46-48(47-65-68(62,63)67-55-53(60)51(58)50(57)52(59)54(55)61)66-49(56)44-42-40-38-36-34-32-30-28-20-18-16-14-12-10-8-6-4-2/h5-8,11-14,17-20,22-23,48,50-55,57-61H,3-4,9-10,15-16,21,24-47H2,1-2H3,(H,62,63)/b7-5-,8-6-,13-11-,14-12-,19-17-,20-18-,23-22-. The van der Waals surface area contributed by atoms with Crippen LogP contribution in [0.1, 0.15) is 194 Å². The first kappa shape index (κ1) is 63.5. The van der Waals surface area contributed by atoms with Gasteiger partial charge in [0.15, 0.2) is 0 Å². The van der Waals surface area contributed by atoms with Crippen LogP contribution in [0.25, 0.3) is 0 Å². The highest BCUT2D eigenvalue weighted by Gasteiger charge is 2.51. The molecule has 13 heteroatoms. The zero-order valence-electron chi connectivity index (χ0n) is 42.1. The summed E-state index contributed by atoms with van der Waals surface area (Å²) < 4.78 is 34.3. The maximum atomic E-state index is 12.9. The third-order valence-corrected chi connectivity index (χ3v) is 12.7. The third-order valence-electron chi connectivity index (χ3n) is 11.8.